The molecule has 3 rings (SSSR count). The number of piperidine rings is 1. The summed E-state index contributed by atoms with van der Waals surface area (Å²) < 4.78 is 0. The van der Waals surface area contributed by atoms with Gasteiger partial charge in [-0.2, -0.15) is 0 Å². The van der Waals surface area contributed by atoms with E-state index in [0.717, 1.165) is 17.9 Å². The molecule has 0 aromatic carbocycles. The fourth-order valence-corrected chi connectivity index (χ4v) is 5.52. The number of likely N-dealkylation sites (tertiary alicyclic amines) is 1. The Labute approximate surface area is 125 Å². The first-order valence-electron chi connectivity index (χ1n) is 9.03. The molecule has 1 heterocycles. The maximum absolute atomic E-state index is 3.67. The molecule has 2 saturated carbocycles. The second kappa shape index (κ2) is 5.96. The van der Waals surface area contributed by atoms with E-state index in [2.05, 4.69) is 31.1 Å². The lowest BCUT2D eigenvalue weighted by Crippen LogP contribution is -2.60. The summed E-state index contributed by atoms with van der Waals surface area (Å²) in [7, 11) is 2.18. The highest BCUT2D eigenvalue weighted by molar-refractivity contribution is 4.99. The Bertz CT molecular complexity index is 325. The molecule has 3 aliphatic rings. The van der Waals surface area contributed by atoms with Gasteiger partial charge in [-0.05, 0) is 56.5 Å². The summed E-state index contributed by atoms with van der Waals surface area (Å²) in [5, 5.41) is 3.67. The first kappa shape index (κ1) is 14.8. The Balaban J connectivity index is 1.68. The number of rotatable bonds is 2. The van der Waals surface area contributed by atoms with Gasteiger partial charge in [-0.1, -0.05) is 39.5 Å². The zero-order chi connectivity index (χ0) is 14.2. The maximum atomic E-state index is 3.67. The molecule has 2 aliphatic carbocycles. The minimum absolute atomic E-state index is 0.459. The summed E-state index contributed by atoms with van der Waals surface area (Å²) in [6.07, 6.45) is 11.7. The lowest BCUT2D eigenvalue weighted by molar-refractivity contribution is 0.000550. The number of nitrogens with one attached hydrogen (secondary N) is 1. The fraction of sp³-hybridized carbons (Fsp3) is 1.00. The molecular weight excluding hydrogens is 244 g/mol. The van der Waals surface area contributed by atoms with Crippen LogP contribution in [0.3, 0.4) is 0 Å². The lowest BCUT2D eigenvalue weighted by atomic mass is 9.69. The van der Waals surface area contributed by atoms with Gasteiger partial charge < -0.3 is 5.32 Å². The van der Waals surface area contributed by atoms with E-state index in [1.807, 2.05) is 0 Å². The van der Waals surface area contributed by atoms with Crippen molar-refractivity contribution in [2.24, 2.45) is 17.3 Å². The van der Waals surface area contributed by atoms with Crippen LogP contribution < -0.4 is 5.32 Å². The van der Waals surface area contributed by atoms with Crippen molar-refractivity contribution >= 4 is 0 Å². The molecule has 0 aromatic heterocycles. The van der Waals surface area contributed by atoms with Crippen LogP contribution in [0.25, 0.3) is 0 Å². The molecule has 2 nitrogen and oxygen atoms in total. The molecule has 4 unspecified atom stereocenters. The molecule has 0 spiro atoms. The molecule has 4 atom stereocenters. The van der Waals surface area contributed by atoms with E-state index >= 15 is 0 Å². The maximum Gasteiger partial charge on any atom is 0.0271 e. The van der Waals surface area contributed by atoms with E-state index in [0.29, 0.717) is 11.5 Å². The molecule has 3 fully saturated rings. The smallest absolute Gasteiger partial charge is 0.0271 e. The van der Waals surface area contributed by atoms with Crippen molar-refractivity contribution in [3.05, 3.63) is 0 Å². The quantitative estimate of drug-likeness (QED) is 0.829. The zero-order valence-corrected chi connectivity index (χ0v) is 13.8. The summed E-state index contributed by atoms with van der Waals surface area (Å²) in [4.78, 5) is 2.87. The summed E-state index contributed by atoms with van der Waals surface area (Å²) in [6.45, 7) is 7.69. The van der Waals surface area contributed by atoms with Crippen LogP contribution in [-0.4, -0.2) is 37.1 Å². The highest BCUT2D eigenvalue weighted by Gasteiger charge is 2.43. The molecule has 2 heteroatoms. The van der Waals surface area contributed by atoms with Gasteiger partial charge in [-0.3, -0.25) is 4.90 Å². The van der Waals surface area contributed by atoms with Crippen LogP contribution in [0, 0.1) is 17.3 Å². The van der Waals surface area contributed by atoms with E-state index < -0.39 is 0 Å². The molecule has 116 valence electrons. The Morgan fingerprint density at radius 3 is 2.45 bits per heavy atom. The largest absolute Gasteiger partial charge is 0.315 e. The Kier molecular flexibility index (Phi) is 4.42. The normalized spacial score (nSPS) is 42.1. The van der Waals surface area contributed by atoms with Crippen LogP contribution in [-0.2, 0) is 0 Å². The molecule has 0 bridgehead atoms. The third-order valence-electron chi connectivity index (χ3n) is 6.65. The standard InChI is InChI=1S/C18H34N2/c1-18(2)11-6-9-16(17(18)19-3)20-12-10-14-7-4-5-8-15(14)13-20/h14-17,19H,4-13H2,1-3H3. The van der Waals surface area contributed by atoms with Gasteiger partial charge in [0.05, 0.1) is 0 Å². The second-order valence-corrected chi connectivity index (χ2v) is 8.30. The Morgan fingerprint density at radius 1 is 0.950 bits per heavy atom. The van der Waals surface area contributed by atoms with Crippen molar-refractivity contribution in [2.45, 2.75) is 77.3 Å². The average Bonchev–Trinajstić information content (AvgIpc) is 2.45. The average molecular weight is 278 g/mol. The summed E-state index contributed by atoms with van der Waals surface area (Å²) in [6, 6.07) is 1.46. The number of nitrogens with zero attached hydrogens (tertiary/aromatic N) is 1. The summed E-state index contributed by atoms with van der Waals surface area (Å²) >= 11 is 0. The van der Waals surface area contributed by atoms with Gasteiger partial charge in [0.25, 0.3) is 0 Å². The summed E-state index contributed by atoms with van der Waals surface area (Å²) in [5.74, 6) is 2.07. The molecule has 20 heavy (non-hydrogen) atoms. The van der Waals surface area contributed by atoms with Crippen LogP contribution >= 0.6 is 0 Å². The molecule has 1 aliphatic heterocycles. The fourth-order valence-electron chi connectivity index (χ4n) is 5.52. The molecule has 0 aromatic rings. The second-order valence-electron chi connectivity index (χ2n) is 8.30. The first-order chi connectivity index (χ1) is 9.62. The zero-order valence-electron chi connectivity index (χ0n) is 13.8. The van der Waals surface area contributed by atoms with E-state index in [1.54, 1.807) is 0 Å². The molecule has 1 N–H and O–H groups in total. The van der Waals surface area contributed by atoms with Gasteiger partial charge in [0.2, 0.25) is 0 Å². The molecular formula is C18H34N2. The van der Waals surface area contributed by atoms with Crippen LogP contribution in [0.2, 0.25) is 0 Å². The van der Waals surface area contributed by atoms with Crippen molar-refractivity contribution < 1.29 is 0 Å². The summed E-state index contributed by atoms with van der Waals surface area (Å²) in [5.41, 5.74) is 0.459. The minimum atomic E-state index is 0.459. The lowest BCUT2D eigenvalue weighted by Gasteiger charge is -2.52. The van der Waals surface area contributed by atoms with Gasteiger partial charge in [0.15, 0.2) is 0 Å². The Hall–Kier alpha value is -0.0800. The van der Waals surface area contributed by atoms with Crippen molar-refractivity contribution in [2.75, 3.05) is 20.1 Å². The number of hydrogen-bond acceptors (Lipinski definition) is 2. The molecule has 0 radical (unpaired) electrons. The predicted octanol–water partition coefficient (Wildman–Crippen LogP) is 3.67. The van der Waals surface area contributed by atoms with Gasteiger partial charge in [-0.25, -0.2) is 0 Å². The predicted molar refractivity (Wildman–Crippen MR) is 85.9 cm³/mol. The minimum Gasteiger partial charge on any atom is -0.315 e. The SMILES string of the molecule is CNC1C(N2CCC3CCCCC3C2)CCCC1(C)C. The van der Waals surface area contributed by atoms with Gasteiger partial charge in [0.1, 0.15) is 0 Å². The van der Waals surface area contributed by atoms with E-state index in [1.165, 1.54) is 64.5 Å². The van der Waals surface area contributed by atoms with Gasteiger partial charge in [-0.15, -0.1) is 0 Å². The van der Waals surface area contributed by atoms with E-state index in [-0.39, 0.29) is 0 Å². The molecule has 1 saturated heterocycles. The highest BCUT2D eigenvalue weighted by Crippen LogP contribution is 2.41. The van der Waals surface area contributed by atoms with Crippen LogP contribution in [0.5, 0.6) is 0 Å². The third-order valence-corrected chi connectivity index (χ3v) is 6.65. The number of likely N-dealkylation sites (N-methyl/N-ethyl adjacent to an activating group) is 1. The van der Waals surface area contributed by atoms with Crippen LogP contribution in [0.1, 0.15) is 65.2 Å². The van der Waals surface area contributed by atoms with Gasteiger partial charge >= 0.3 is 0 Å². The number of fused-ring (bicyclic) bond motifs is 1. The third kappa shape index (κ3) is 2.78. The highest BCUT2D eigenvalue weighted by atomic mass is 15.2. The first-order valence-corrected chi connectivity index (χ1v) is 9.03. The van der Waals surface area contributed by atoms with Crippen LogP contribution in [0.4, 0.5) is 0 Å². The van der Waals surface area contributed by atoms with Crippen LogP contribution in [0.15, 0.2) is 0 Å². The van der Waals surface area contributed by atoms with Crippen molar-refractivity contribution in [3.63, 3.8) is 0 Å². The monoisotopic (exact) mass is 278 g/mol. The van der Waals surface area contributed by atoms with Gasteiger partial charge in [0, 0.05) is 18.6 Å². The molecule has 0 amide bonds. The van der Waals surface area contributed by atoms with Crippen molar-refractivity contribution in [3.8, 4) is 0 Å². The van der Waals surface area contributed by atoms with E-state index in [4.69, 9.17) is 0 Å². The van der Waals surface area contributed by atoms with Crippen molar-refractivity contribution in [1.29, 1.82) is 0 Å². The topological polar surface area (TPSA) is 15.3 Å². The van der Waals surface area contributed by atoms with E-state index in [9.17, 15) is 0 Å². The van der Waals surface area contributed by atoms with Crippen molar-refractivity contribution in [1.82, 2.24) is 10.2 Å². The number of hydrogen-bond donors (Lipinski definition) is 1. The Morgan fingerprint density at radius 2 is 1.70 bits per heavy atom.